The van der Waals surface area contributed by atoms with E-state index in [1.54, 1.807) is 4.80 Å². The van der Waals surface area contributed by atoms with Crippen molar-refractivity contribution in [3.63, 3.8) is 0 Å². The van der Waals surface area contributed by atoms with Crippen LogP contribution in [0.5, 0.6) is 0 Å². The van der Waals surface area contributed by atoms with Gasteiger partial charge in [0.15, 0.2) is 5.82 Å². The fraction of sp³-hybridized carbons (Fsp3) is 0.875. The van der Waals surface area contributed by atoms with Gasteiger partial charge in [0.1, 0.15) is 0 Å². The van der Waals surface area contributed by atoms with Crippen LogP contribution in [0.4, 0.5) is 0 Å². The van der Waals surface area contributed by atoms with E-state index in [0.717, 1.165) is 25.2 Å². The van der Waals surface area contributed by atoms with E-state index < -0.39 is 0 Å². The van der Waals surface area contributed by atoms with Gasteiger partial charge in [0.05, 0.1) is 6.54 Å². The first-order valence-corrected chi connectivity index (χ1v) is 4.49. The second-order valence-electron chi connectivity index (χ2n) is 3.34. The molecule has 0 bridgehead atoms. The third-order valence-electron chi connectivity index (χ3n) is 1.72. The van der Waals surface area contributed by atoms with Gasteiger partial charge >= 0.3 is 0 Å². The van der Waals surface area contributed by atoms with E-state index in [9.17, 15) is 0 Å². The van der Waals surface area contributed by atoms with E-state index >= 15 is 0 Å². The third kappa shape index (κ3) is 2.60. The van der Waals surface area contributed by atoms with Crippen molar-refractivity contribution in [3.8, 4) is 0 Å². The van der Waals surface area contributed by atoms with Crippen molar-refractivity contribution in [2.75, 3.05) is 0 Å². The van der Waals surface area contributed by atoms with E-state index in [2.05, 4.69) is 29.3 Å². The Labute approximate surface area is 73.0 Å². The molecule has 0 N–H and O–H groups in total. The number of hydrogen-bond donors (Lipinski definition) is 0. The number of nitrogens with zero attached hydrogens (tertiary/aromatic N) is 4. The summed E-state index contributed by atoms with van der Waals surface area (Å²) < 4.78 is 0. The van der Waals surface area contributed by atoms with Crippen LogP contribution in [-0.4, -0.2) is 20.2 Å². The summed E-state index contributed by atoms with van der Waals surface area (Å²) in [5.41, 5.74) is 0. The van der Waals surface area contributed by atoms with Gasteiger partial charge in [-0.05, 0) is 17.6 Å². The summed E-state index contributed by atoms with van der Waals surface area (Å²) in [7, 11) is 0. The SMILES string of the molecule is CCc1nnn(CCC(C)C)n1. The summed E-state index contributed by atoms with van der Waals surface area (Å²) in [6.07, 6.45) is 1.97. The molecule has 0 radical (unpaired) electrons. The molecule has 0 fully saturated rings. The topological polar surface area (TPSA) is 43.6 Å². The van der Waals surface area contributed by atoms with Gasteiger partial charge in [0, 0.05) is 6.42 Å². The lowest BCUT2D eigenvalue weighted by Gasteiger charge is -2.01. The Hall–Kier alpha value is -0.930. The smallest absolute Gasteiger partial charge is 0.164 e. The molecule has 1 aromatic heterocycles. The second-order valence-corrected chi connectivity index (χ2v) is 3.34. The Morgan fingerprint density at radius 3 is 2.67 bits per heavy atom. The zero-order valence-electron chi connectivity index (χ0n) is 7.99. The zero-order chi connectivity index (χ0) is 8.97. The minimum absolute atomic E-state index is 0.695. The number of hydrogen-bond acceptors (Lipinski definition) is 3. The summed E-state index contributed by atoms with van der Waals surface area (Å²) in [6.45, 7) is 7.30. The van der Waals surface area contributed by atoms with Crippen LogP contribution in [0.15, 0.2) is 0 Å². The molecular formula is C8H16N4. The highest BCUT2D eigenvalue weighted by atomic mass is 15.6. The number of rotatable bonds is 4. The summed E-state index contributed by atoms with van der Waals surface area (Å²) in [4.78, 5) is 1.68. The van der Waals surface area contributed by atoms with Crippen molar-refractivity contribution in [3.05, 3.63) is 5.82 Å². The van der Waals surface area contributed by atoms with Crippen LogP contribution < -0.4 is 0 Å². The van der Waals surface area contributed by atoms with Crippen molar-refractivity contribution in [2.45, 2.75) is 40.2 Å². The van der Waals surface area contributed by atoms with Gasteiger partial charge in [0.25, 0.3) is 0 Å². The molecule has 0 unspecified atom stereocenters. The largest absolute Gasteiger partial charge is 0.174 e. The lowest BCUT2D eigenvalue weighted by atomic mass is 10.1. The number of aromatic nitrogens is 4. The van der Waals surface area contributed by atoms with Crippen molar-refractivity contribution in [1.82, 2.24) is 20.2 Å². The number of tetrazole rings is 1. The molecule has 0 atom stereocenters. The first-order chi connectivity index (χ1) is 5.72. The molecule has 68 valence electrons. The van der Waals surface area contributed by atoms with Crippen molar-refractivity contribution < 1.29 is 0 Å². The molecule has 0 aliphatic carbocycles. The average molecular weight is 168 g/mol. The highest BCUT2D eigenvalue weighted by Gasteiger charge is 2.00. The summed E-state index contributed by atoms with van der Waals surface area (Å²) in [6, 6.07) is 0. The van der Waals surface area contributed by atoms with Crippen LogP contribution in [0.2, 0.25) is 0 Å². The van der Waals surface area contributed by atoms with E-state index in [0.29, 0.717) is 5.92 Å². The van der Waals surface area contributed by atoms with Gasteiger partial charge in [0.2, 0.25) is 0 Å². The third-order valence-corrected chi connectivity index (χ3v) is 1.72. The fourth-order valence-electron chi connectivity index (χ4n) is 0.886. The molecule has 0 spiro atoms. The molecule has 0 amide bonds. The Morgan fingerprint density at radius 2 is 2.17 bits per heavy atom. The van der Waals surface area contributed by atoms with Gasteiger partial charge in [-0.25, -0.2) is 0 Å². The summed E-state index contributed by atoms with van der Waals surface area (Å²) in [5.74, 6) is 1.53. The first-order valence-electron chi connectivity index (χ1n) is 4.49. The Bertz CT molecular complexity index is 229. The lowest BCUT2D eigenvalue weighted by Crippen LogP contribution is -2.05. The average Bonchev–Trinajstić information content (AvgIpc) is 2.48. The van der Waals surface area contributed by atoms with Crippen LogP contribution in [0, 0.1) is 5.92 Å². The van der Waals surface area contributed by atoms with E-state index in [4.69, 9.17) is 0 Å². The minimum atomic E-state index is 0.695. The highest BCUT2D eigenvalue weighted by Crippen LogP contribution is 2.00. The van der Waals surface area contributed by atoms with Crippen LogP contribution >= 0.6 is 0 Å². The summed E-state index contributed by atoms with van der Waals surface area (Å²) >= 11 is 0. The predicted octanol–water partition coefficient (Wildman–Crippen LogP) is 1.28. The van der Waals surface area contributed by atoms with Crippen molar-refractivity contribution in [2.24, 2.45) is 5.92 Å². The van der Waals surface area contributed by atoms with Crippen LogP contribution in [-0.2, 0) is 13.0 Å². The molecule has 4 heteroatoms. The lowest BCUT2D eigenvalue weighted by molar-refractivity contribution is 0.441. The molecule has 1 heterocycles. The van der Waals surface area contributed by atoms with Gasteiger partial charge in [-0.1, -0.05) is 20.8 Å². The van der Waals surface area contributed by atoms with E-state index in [1.807, 2.05) is 6.92 Å². The Balaban J connectivity index is 2.41. The van der Waals surface area contributed by atoms with E-state index in [1.165, 1.54) is 0 Å². The molecule has 4 nitrogen and oxygen atoms in total. The first kappa shape index (κ1) is 9.16. The summed E-state index contributed by atoms with van der Waals surface area (Å²) in [5, 5.41) is 12.0. The highest BCUT2D eigenvalue weighted by molar-refractivity contribution is 4.73. The molecule has 1 rings (SSSR count). The van der Waals surface area contributed by atoms with Gasteiger partial charge < -0.3 is 0 Å². The molecule has 0 saturated carbocycles. The predicted molar refractivity (Wildman–Crippen MR) is 46.7 cm³/mol. The Morgan fingerprint density at radius 1 is 1.42 bits per heavy atom. The standard InChI is InChI=1S/C8H16N4/c1-4-8-9-11-12(10-8)6-5-7(2)3/h7H,4-6H2,1-3H3. The minimum Gasteiger partial charge on any atom is -0.164 e. The van der Waals surface area contributed by atoms with Crippen LogP contribution in [0.3, 0.4) is 0 Å². The van der Waals surface area contributed by atoms with E-state index in [-0.39, 0.29) is 0 Å². The maximum absolute atomic E-state index is 4.20. The van der Waals surface area contributed by atoms with Crippen LogP contribution in [0.1, 0.15) is 33.0 Å². The van der Waals surface area contributed by atoms with Gasteiger partial charge in [-0.2, -0.15) is 4.80 Å². The molecule has 1 aromatic rings. The molecule has 0 aliphatic rings. The second kappa shape index (κ2) is 4.18. The molecule has 0 saturated heterocycles. The van der Waals surface area contributed by atoms with Gasteiger partial charge in [-0.3, -0.25) is 0 Å². The molecule has 12 heavy (non-hydrogen) atoms. The molecular weight excluding hydrogens is 152 g/mol. The molecule has 0 aliphatic heterocycles. The molecule has 0 aromatic carbocycles. The zero-order valence-corrected chi connectivity index (χ0v) is 7.99. The quantitative estimate of drug-likeness (QED) is 0.680. The maximum atomic E-state index is 4.20. The monoisotopic (exact) mass is 168 g/mol. The van der Waals surface area contributed by atoms with Crippen molar-refractivity contribution in [1.29, 1.82) is 0 Å². The van der Waals surface area contributed by atoms with Crippen LogP contribution in [0.25, 0.3) is 0 Å². The number of aryl methyl sites for hydroxylation is 2. The van der Waals surface area contributed by atoms with Crippen molar-refractivity contribution >= 4 is 0 Å². The fourth-order valence-corrected chi connectivity index (χ4v) is 0.886. The Kier molecular flexibility index (Phi) is 3.19. The normalized spacial score (nSPS) is 11.0. The van der Waals surface area contributed by atoms with Gasteiger partial charge in [-0.15, -0.1) is 10.2 Å². The maximum Gasteiger partial charge on any atom is 0.174 e.